The predicted octanol–water partition coefficient (Wildman–Crippen LogP) is 2.82. The van der Waals surface area contributed by atoms with E-state index in [-0.39, 0.29) is 0 Å². The molecule has 1 saturated heterocycles. The Labute approximate surface area is 84.2 Å². The summed E-state index contributed by atoms with van der Waals surface area (Å²) in [5, 5.41) is 5.80. The molecule has 1 aromatic heterocycles. The normalized spacial score (nSPS) is 24.2. The van der Waals surface area contributed by atoms with Crippen LogP contribution < -0.4 is 5.32 Å². The Morgan fingerprint density at radius 3 is 3.23 bits per heavy atom. The summed E-state index contributed by atoms with van der Waals surface area (Å²) in [5.41, 5.74) is 0. The van der Waals surface area contributed by atoms with E-state index in [2.05, 4.69) is 22.8 Å². The van der Waals surface area contributed by atoms with E-state index in [0.29, 0.717) is 0 Å². The Morgan fingerprint density at radius 2 is 2.38 bits per heavy atom. The van der Waals surface area contributed by atoms with Gasteiger partial charge in [-0.25, -0.2) is 0 Å². The summed E-state index contributed by atoms with van der Waals surface area (Å²) in [6.45, 7) is 1.22. The first-order valence-corrected chi connectivity index (χ1v) is 6.09. The van der Waals surface area contributed by atoms with Crippen LogP contribution >= 0.6 is 11.3 Å². The SMILES string of the molecule is c1csc(CC2CCCCCN2)c1. The molecule has 0 bridgehead atoms. The highest BCUT2D eigenvalue weighted by Gasteiger charge is 2.11. The summed E-state index contributed by atoms with van der Waals surface area (Å²) >= 11 is 1.88. The first-order chi connectivity index (χ1) is 6.45. The lowest BCUT2D eigenvalue weighted by Gasteiger charge is -2.13. The Morgan fingerprint density at radius 1 is 1.38 bits per heavy atom. The lowest BCUT2D eigenvalue weighted by atomic mass is 10.1. The number of nitrogens with one attached hydrogen (secondary N) is 1. The molecule has 2 heteroatoms. The van der Waals surface area contributed by atoms with Crippen molar-refractivity contribution in [3.8, 4) is 0 Å². The second-order valence-electron chi connectivity index (χ2n) is 3.78. The largest absolute Gasteiger partial charge is 0.314 e. The Bertz CT molecular complexity index is 222. The topological polar surface area (TPSA) is 12.0 Å². The van der Waals surface area contributed by atoms with Crippen LogP contribution in [0.4, 0.5) is 0 Å². The zero-order valence-electron chi connectivity index (χ0n) is 7.96. The van der Waals surface area contributed by atoms with Crippen molar-refractivity contribution in [2.45, 2.75) is 38.1 Å². The molecule has 1 aromatic rings. The average Bonchev–Trinajstić information content (AvgIpc) is 2.49. The quantitative estimate of drug-likeness (QED) is 0.765. The lowest BCUT2D eigenvalue weighted by molar-refractivity contribution is 0.510. The fourth-order valence-corrected chi connectivity index (χ4v) is 2.73. The lowest BCUT2D eigenvalue weighted by Crippen LogP contribution is -2.29. The highest BCUT2D eigenvalue weighted by Crippen LogP contribution is 2.16. The Balaban J connectivity index is 1.86. The molecule has 0 aliphatic carbocycles. The van der Waals surface area contributed by atoms with Gasteiger partial charge in [0.15, 0.2) is 0 Å². The molecule has 1 N–H and O–H groups in total. The molecule has 2 rings (SSSR count). The summed E-state index contributed by atoms with van der Waals surface area (Å²) in [4.78, 5) is 1.53. The fraction of sp³-hybridized carbons (Fsp3) is 0.636. The van der Waals surface area contributed by atoms with Gasteiger partial charge in [-0.2, -0.15) is 0 Å². The van der Waals surface area contributed by atoms with E-state index < -0.39 is 0 Å². The molecule has 1 fully saturated rings. The summed E-state index contributed by atoms with van der Waals surface area (Å²) in [5.74, 6) is 0. The van der Waals surface area contributed by atoms with Crippen LogP contribution in [0.15, 0.2) is 17.5 Å². The van der Waals surface area contributed by atoms with Gasteiger partial charge in [0.2, 0.25) is 0 Å². The van der Waals surface area contributed by atoms with E-state index in [0.717, 1.165) is 6.04 Å². The Hall–Kier alpha value is -0.340. The van der Waals surface area contributed by atoms with Crippen molar-refractivity contribution in [2.24, 2.45) is 0 Å². The fourth-order valence-electron chi connectivity index (χ4n) is 1.95. The van der Waals surface area contributed by atoms with E-state index in [9.17, 15) is 0 Å². The van der Waals surface area contributed by atoms with Crippen LogP contribution in [0.3, 0.4) is 0 Å². The molecular formula is C11H17NS. The van der Waals surface area contributed by atoms with Crippen LogP contribution in [0.5, 0.6) is 0 Å². The first kappa shape index (κ1) is 9.22. The molecule has 2 heterocycles. The van der Waals surface area contributed by atoms with Crippen LogP contribution in [-0.4, -0.2) is 12.6 Å². The molecule has 1 aliphatic heterocycles. The minimum atomic E-state index is 0.737. The van der Waals surface area contributed by atoms with Crippen LogP contribution in [0.2, 0.25) is 0 Å². The molecule has 0 amide bonds. The second kappa shape index (κ2) is 4.77. The van der Waals surface area contributed by atoms with Crippen LogP contribution in [0, 0.1) is 0 Å². The van der Waals surface area contributed by atoms with Crippen molar-refractivity contribution in [3.63, 3.8) is 0 Å². The maximum Gasteiger partial charge on any atom is 0.0115 e. The van der Waals surface area contributed by atoms with Gasteiger partial charge in [0.1, 0.15) is 0 Å². The van der Waals surface area contributed by atoms with E-state index in [1.165, 1.54) is 43.5 Å². The highest BCUT2D eigenvalue weighted by molar-refractivity contribution is 7.09. The van der Waals surface area contributed by atoms with Crippen LogP contribution in [0.25, 0.3) is 0 Å². The van der Waals surface area contributed by atoms with Crippen molar-refractivity contribution in [1.29, 1.82) is 0 Å². The maximum absolute atomic E-state index is 3.63. The number of hydrogen-bond acceptors (Lipinski definition) is 2. The van der Waals surface area contributed by atoms with E-state index >= 15 is 0 Å². The van der Waals surface area contributed by atoms with Crippen LogP contribution in [0.1, 0.15) is 30.6 Å². The van der Waals surface area contributed by atoms with Gasteiger partial charge in [-0.15, -0.1) is 11.3 Å². The maximum atomic E-state index is 3.63. The first-order valence-electron chi connectivity index (χ1n) is 5.21. The van der Waals surface area contributed by atoms with Gasteiger partial charge in [-0.05, 0) is 37.3 Å². The molecule has 0 aromatic carbocycles. The molecule has 1 aliphatic rings. The summed E-state index contributed by atoms with van der Waals surface area (Å²) in [6, 6.07) is 5.13. The summed E-state index contributed by atoms with van der Waals surface area (Å²) in [7, 11) is 0. The Kier molecular flexibility index (Phi) is 3.39. The van der Waals surface area contributed by atoms with Crippen molar-refractivity contribution in [2.75, 3.05) is 6.54 Å². The summed E-state index contributed by atoms with van der Waals surface area (Å²) < 4.78 is 0. The molecule has 0 radical (unpaired) electrons. The van der Waals surface area contributed by atoms with Crippen molar-refractivity contribution >= 4 is 11.3 Å². The molecule has 72 valence electrons. The summed E-state index contributed by atoms with van der Waals surface area (Å²) in [6.07, 6.45) is 6.77. The van der Waals surface area contributed by atoms with E-state index in [4.69, 9.17) is 0 Å². The molecule has 0 saturated carbocycles. The van der Waals surface area contributed by atoms with Gasteiger partial charge in [0, 0.05) is 10.9 Å². The number of hydrogen-bond donors (Lipinski definition) is 1. The van der Waals surface area contributed by atoms with E-state index in [1.54, 1.807) is 0 Å². The number of thiophene rings is 1. The van der Waals surface area contributed by atoms with Gasteiger partial charge < -0.3 is 5.32 Å². The van der Waals surface area contributed by atoms with Gasteiger partial charge in [0.05, 0.1) is 0 Å². The molecule has 1 nitrogen and oxygen atoms in total. The van der Waals surface area contributed by atoms with Crippen LogP contribution in [-0.2, 0) is 6.42 Å². The van der Waals surface area contributed by atoms with Crippen molar-refractivity contribution in [3.05, 3.63) is 22.4 Å². The van der Waals surface area contributed by atoms with Crippen molar-refractivity contribution < 1.29 is 0 Å². The minimum Gasteiger partial charge on any atom is -0.314 e. The monoisotopic (exact) mass is 195 g/mol. The van der Waals surface area contributed by atoms with Gasteiger partial charge in [-0.3, -0.25) is 0 Å². The van der Waals surface area contributed by atoms with E-state index in [1.807, 2.05) is 11.3 Å². The molecule has 1 atom stereocenters. The van der Waals surface area contributed by atoms with Gasteiger partial charge >= 0.3 is 0 Å². The molecule has 13 heavy (non-hydrogen) atoms. The molecular weight excluding hydrogens is 178 g/mol. The third kappa shape index (κ3) is 2.82. The minimum absolute atomic E-state index is 0.737. The standard InChI is InChI=1S/C11H17NS/c1-2-5-10(12-7-3-1)9-11-6-4-8-13-11/h4,6,8,10,12H,1-3,5,7,9H2. The van der Waals surface area contributed by atoms with Crippen molar-refractivity contribution in [1.82, 2.24) is 5.32 Å². The smallest absolute Gasteiger partial charge is 0.0115 e. The molecule has 1 unspecified atom stereocenters. The zero-order valence-corrected chi connectivity index (χ0v) is 8.78. The highest BCUT2D eigenvalue weighted by atomic mass is 32.1. The molecule has 0 spiro atoms. The van der Waals surface area contributed by atoms with Gasteiger partial charge in [-0.1, -0.05) is 18.9 Å². The van der Waals surface area contributed by atoms with Gasteiger partial charge in [0.25, 0.3) is 0 Å². The second-order valence-corrected chi connectivity index (χ2v) is 4.82. The zero-order chi connectivity index (χ0) is 8.93. The predicted molar refractivity (Wildman–Crippen MR) is 58.3 cm³/mol. The number of rotatable bonds is 2. The third-order valence-corrected chi connectivity index (χ3v) is 3.59. The average molecular weight is 195 g/mol. The third-order valence-electron chi connectivity index (χ3n) is 2.69.